The van der Waals surface area contributed by atoms with Gasteiger partial charge in [-0.25, -0.2) is 8.42 Å². The highest BCUT2D eigenvalue weighted by atomic mass is 32.2. The predicted octanol–water partition coefficient (Wildman–Crippen LogP) is 3.48. The number of hydrogen-bond acceptors (Lipinski definition) is 8. The van der Waals surface area contributed by atoms with E-state index >= 15 is 0 Å². The van der Waals surface area contributed by atoms with E-state index in [9.17, 15) is 18.5 Å². The summed E-state index contributed by atoms with van der Waals surface area (Å²) in [6.45, 7) is 5.86. The first-order valence-corrected chi connectivity index (χ1v) is 11.3. The maximum Gasteiger partial charge on any atom is 0.263 e. The molecule has 0 bridgehead atoms. The molecule has 0 fully saturated rings. The van der Waals surface area contributed by atoms with Crippen LogP contribution in [0, 0.1) is 16.7 Å². The zero-order valence-electron chi connectivity index (χ0n) is 16.3. The third-order valence-corrected chi connectivity index (χ3v) is 6.90. The standard InChI is InChI=1S/C19H21N5O3S2/c1-4-17-22-23-18(28-17)24-29(26,27)13-7-5-12(6-8-13)21-15-9-19(2,3)10-16(25)14(15)11-20/h5-8,21H,4,9-10H2,1-3H3,(H,23,24). The lowest BCUT2D eigenvalue weighted by Crippen LogP contribution is -2.28. The number of aromatic nitrogens is 2. The maximum atomic E-state index is 12.5. The van der Waals surface area contributed by atoms with Crippen LogP contribution in [-0.4, -0.2) is 24.4 Å². The van der Waals surface area contributed by atoms with Crippen LogP contribution in [0.5, 0.6) is 0 Å². The van der Waals surface area contributed by atoms with E-state index in [0.29, 0.717) is 30.6 Å². The van der Waals surface area contributed by atoms with Crippen LogP contribution in [-0.2, 0) is 21.2 Å². The largest absolute Gasteiger partial charge is 0.358 e. The van der Waals surface area contributed by atoms with Crippen molar-refractivity contribution in [1.29, 1.82) is 5.26 Å². The van der Waals surface area contributed by atoms with Crippen LogP contribution in [0.25, 0.3) is 0 Å². The van der Waals surface area contributed by atoms with Crippen LogP contribution in [0.3, 0.4) is 0 Å². The molecule has 0 aliphatic heterocycles. The van der Waals surface area contributed by atoms with Crippen LogP contribution >= 0.6 is 11.3 Å². The Morgan fingerprint density at radius 3 is 2.48 bits per heavy atom. The fourth-order valence-electron chi connectivity index (χ4n) is 3.06. The summed E-state index contributed by atoms with van der Waals surface area (Å²) in [7, 11) is -3.79. The van der Waals surface area contributed by atoms with Gasteiger partial charge in [-0.05, 0) is 42.5 Å². The number of nitrogens with zero attached hydrogens (tertiary/aromatic N) is 3. The number of anilines is 2. The molecule has 2 aromatic rings. The quantitative estimate of drug-likeness (QED) is 0.717. The van der Waals surface area contributed by atoms with Crippen molar-refractivity contribution in [1.82, 2.24) is 10.2 Å². The number of hydrogen-bond donors (Lipinski definition) is 2. The molecule has 1 aromatic carbocycles. The monoisotopic (exact) mass is 431 g/mol. The first-order chi connectivity index (χ1) is 13.6. The van der Waals surface area contributed by atoms with Gasteiger partial charge < -0.3 is 5.32 Å². The summed E-state index contributed by atoms with van der Waals surface area (Å²) < 4.78 is 27.5. The van der Waals surface area contributed by atoms with E-state index in [1.54, 1.807) is 12.1 Å². The topological polar surface area (TPSA) is 125 Å². The highest BCUT2D eigenvalue weighted by Crippen LogP contribution is 2.37. The van der Waals surface area contributed by atoms with Crippen molar-refractivity contribution in [2.45, 2.75) is 44.9 Å². The first kappa shape index (κ1) is 21.0. The number of benzene rings is 1. The van der Waals surface area contributed by atoms with Gasteiger partial charge in [0.1, 0.15) is 16.6 Å². The normalized spacial score (nSPS) is 16.4. The van der Waals surface area contributed by atoms with Gasteiger partial charge in [-0.2, -0.15) is 5.26 Å². The highest BCUT2D eigenvalue weighted by Gasteiger charge is 2.33. The molecule has 0 atom stereocenters. The Balaban J connectivity index is 1.79. The average molecular weight is 432 g/mol. The van der Waals surface area contributed by atoms with Crippen LogP contribution in [0.15, 0.2) is 40.4 Å². The van der Waals surface area contributed by atoms with E-state index in [0.717, 1.165) is 5.01 Å². The highest BCUT2D eigenvalue weighted by molar-refractivity contribution is 7.93. The van der Waals surface area contributed by atoms with Gasteiger partial charge in [0.05, 0.1) is 4.90 Å². The van der Waals surface area contributed by atoms with E-state index in [2.05, 4.69) is 20.2 Å². The van der Waals surface area contributed by atoms with Gasteiger partial charge in [0.2, 0.25) is 5.13 Å². The summed E-state index contributed by atoms with van der Waals surface area (Å²) >= 11 is 1.19. The van der Waals surface area contributed by atoms with E-state index in [4.69, 9.17) is 0 Å². The number of aryl methyl sites for hydroxylation is 1. The molecule has 3 rings (SSSR count). The van der Waals surface area contributed by atoms with E-state index in [1.807, 2.05) is 26.8 Å². The molecule has 0 saturated carbocycles. The second-order valence-electron chi connectivity index (χ2n) is 7.52. The number of Topliss-reactive ketones (excluding diaryl/α,β-unsaturated/α-hetero) is 1. The third-order valence-electron chi connectivity index (χ3n) is 4.44. The van der Waals surface area contributed by atoms with Crippen molar-refractivity contribution < 1.29 is 13.2 Å². The Kier molecular flexibility index (Phi) is 5.73. The van der Waals surface area contributed by atoms with Crippen molar-refractivity contribution in [2.24, 2.45) is 5.41 Å². The molecular weight excluding hydrogens is 410 g/mol. The summed E-state index contributed by atoms with van der Waals surface area (Å²) in [6.07, 6.45) is 1.56. The molecule has 10 heteroatoms. The lowest BCUT2D eigenvalue weighted by molar-refractivity contribution is -0.117. The van der Waals surface area contributed by atoms with Gasteiger partial charge in [-0.15, -0.1) is 10.2 Å². The molecule has 2 N–H and O–H groups in total. The molecule has 0 saturated heterocycles. The molecule has 1 aromatic heterocycles. The van der Waals surface area contributed by atoms with Crippen LogP contribution < -0.4 is 10.0 Å². The van der Waals surface area contributed by atoms with Crippen LogP contribution in [0.1, 0.15) is 38.6 Å². The molecule has 0 unspecified atom stereocenters. The summed E-state index contributed by atoms with van der Waals surface area (Å²) in [4.78, 5) is 12.3. The number of carbonyl (C=O) groups excluding carboxylic acids is 1. The number of sulfonamides is 1. The van der Waals surface area contributed by atoms with E-state index in [1.165, 1.54) is 23.5 Å². The molecule has 1 aliphatic rings. The number of allylic oxidation sites excluding steroid dienone is 2. The second-order valence-corrected chi connectivity index (χ2v) is 10.3. The second kappa shape index (κ2) is 7.93. The lowest BCUT2D eigenvalue weighted by atomic mass is 9.76. The zero-order valence-corrected chi connectivity index (χ0v) is 17.9. The van der Waals surface area contributed by atoms with Gasteiger partial charge >= 0.3 is 0 Å². The SMILES string of the molecule is CCc1nnc(NS(=O)(=O)c2ccc(NC3=C(C#N)C(=O)CC(C)(C)C3)cc2)s1. The number of nitriles is 1. The van der Waals surface area contributed by atoms with Crippen molar-refractivity contribution >= 4 is 38.0 Å². The summed E-state index contributed by atoms with van der Waals surface area (Å²) in [5.41, 5.74) is 1.04. The van der Waals surface area contributed by atoms with Gasteiger partial charge in [0.15, 0.2) is 5.78 Å². The number of rotatable bonds is 6. The minimum atomic E-state index is -3.79. The molecule has 8 nitrogen and oxygen atoms in total. The van der Waals surface area contributed by atoms with Gasteiger partial charge in [-0.3, -0.25) is 9.52 Å². The van der Waals surface area contributed by atoms with Crippen LogP contribution in [0.2, 0.25) is 0 Å². The molecule has 0 spiro atoms. The molecule has 29 heavy (non-hydrogen) atoms. The number of carbonyl (C=O) groups is 1. The van der Waals surface area contributed by atoms with Gasteiger partial charge in [0, 0.05) is 17.8 Å². The predicted molar refractivity (Wildman–Crippen MR) is 111 cm³/mol. The summed E-state index contributed by atoms with van der Waals surface area (Å²) in [5.74, 6) is -0.182. The minimum absolute atomic E-state index is 0.0748. The smallest absolute Gasteiger partial charge is 0.263 e. The first-order valence-electron chi connectivity index (χ1n) is 9.02. The fraction of sp³-hybridized carbons (Fsp3) is 0.368. The number of ketones is 1. The van der Waals surface area contributed by atoms with E-state index < -0.39 is 10.0 Å². The van der Waals surface area contributed by atoms with Crippen molar-refractivity contribution in [3.8, 4) is 6.07 Å². The fourth-order valence-corrected chi connectivity index (χ4v) is 4.97. The summed E-state index contributed by atoms with van der Waals surface area (Å²) in [6, 6.07) is 8.08. The Bertz CT molecular complexity index is 1110. The molecule has 1 aliphatic carbocycles. The van der Waals surface area contributed by atoms with Crippen molar-refractivity contribution in [3.05, 3.63) is 40.5 Å². The molecule has 1 heterocycles. The molecule has 0 radical (unpaired) electrons. The minimum Gasteiger partial charge on any atom is -0.358 e. The Hall–Kier alpha value is -2.77. The Labute approximate surface area is 173 Å². The van der Waals surface area contributed by atoms with E-state index in [-0.39, 0.29) is 26.8 Å². The average Bonchev–Trinajstić information content (AvgIpc) is 3.08. The Morgan fingerprint density at radius 2 is 1.90 bits per heavy atom. The van der Waals surface area contributed by atoms with Gasteiger partial charge in [0.25, 0.3) is 10.0 Å². The van der Waals surface area contributed by atoms with Crippen molar-refractivity contribution in [2.75, 3.05) is 10.0 Å². The molecular formula is C19H21N5O3S2. The Morgan fingerprint density at radius 1 is 1.21 bits per heavy atom. The molecule has 152 valence electrons. The summed E-state index contributed by atoms with van der Waals surface area (Å²) in [5, 5.41) is 21.1. The number of nitrogens with one attached hydrogen (secondary N) is 2. The molecule has 0 amide bonds. The lowest BCUT2D eigenvalue weighted by Gasteiger charge is -2.30. The van der Waals surface area contributed by atoms with Gasteiger partial charge in [-0.1, -0.05) is 32.1 Å². The van der Waals surface area contributed by atoms with Crippen molar-refractivity contribution in [3.63, 3.8) is 0 Å². The van der Waals surface area contributed by atoms with Crippen LogP contribution in [0.4, 0.5) is 10.8 Å². The zero-order chi connectivity index (χ0) is 21.2. The maximum absolute atomic E-state index is 12.5. The third kappa shape index (κ3) is 4.81.